The number of amides is 1. The fourth-order valence-electron chi connectivity index (χ4n) is 2.47. The smallest absolute Gasteiger partial charge is 0.340 e. The maximum Gasteiger partial charge on any atom is 0.340 e. The van der Waals surface area contributed by atoms with Crippen LogP contribution in [0.4, 0.5) is 5.69 Å². The summed E-state index contributed by atoms with van der Waals surface area (Å²) >= 11 is 0. The molecule has 0 bridgehead atoms. The lowest BCUT2D eigenvalue weighted by molar-refractivity contribution is -0.121. The van der Waals surface area contributed by atoms with Crippen molar-refractivity contribution in [3.05, 3.63) is 65.7 Å². The van der Waals surface area contributed by atoms with E-state index in [0.29, 0.717) is 30.8 Å². The Hall–Kier alpha value is -2.82. The zero-order valence-corrected chi connectivity index (χ0v) is 14.6. The predicted molar refractivity (Wildman–Crippen MR) is 98.5 cm³/mol. The zero-order chi connectivity index (χ0) is 18.1. The Bertz CT molecular complexity index is 701. The lowest BCUT2D eigenvalue weighted by atomic mass is 10.1. The van der Waals surface area contributed by atoms with Gasteiger partial charge in [0.1, 0.15) is 0 Å². The van der Waals surface area contributed by atoms with Crippen LogP contribution < -0.4 is 10.6 Å². The maximum atomic E-state index is 12.1. The van der Waals surface area contributed by atoms with Crippen molar-refractivity contribution in [3.8, 4) is 0 Å². The zero-order valence-electron chi connectivity index (χ0n) is 14.6. The topological polar surface area (TPSA) is 67.4 Å². The second-order valence-corrected chi connectivity index (χ2v) is 5.64. The van der Waals surface area contributed by atoms with Gasteiger partial charge < -0.3 is 15.4 Å². The predicted octanol–water partition coefficient (Wildman–Crippen LogP) is 3.54. The summed E-state index contributed by atoms with van der Waals surface area (Å²) in [7, 11) is 0. The minimum absolute atomic E-state index is 0.0412. The van der Waals surface area contributed by atoms with Gasteiger partial charge in [0.05, 0.1) is 18.2 Å². The molecule has 5 heteroatoms. The van der Waals surface area contributed by atoms with E-state index >= 15 is 0 Å². The van der Waals surface area contributed by atoms with Gasteiger partial charge in [-0.05, 0) is 31.5 Å². The summed E-state index contributed by atoms with van der Waals surface area (Å²) in [6.07, 6.45) is 0.314. The monoisotopic (exact) mass is 340 g/mol. The first-order valence-electron chi connectivity index (χ1n) is 8.46. The number of nitrogens with one attached hydrogen (secondary N) is 2. The largest absolute Gasteiger partial charge is 0.462 e. The molecule has 25 heavy (non-hydrogen) atoms. The second-order valence-electron chi connectivity index (χ2n) is 5.64. The number of hydrogen-bond acceptors (Lipinski definition) is 4. The molecule has 2 aromatic rings. The number of benzene rings is 2. The van der Waals surface area contributed by atoms with Gasteiger partial charge >= 0.3 is 5.97 Å². The van der Waals surface area contributed by atoms with Gasteiger partial charge in [-0.1, -0.05) is 42.5 Å². The van der Waals surface area contributed by atoms with Crippen molar-refractivity contribution in [2.75, 3.05) is 18.5 Å². The third kappa shape index (κ3) is 5.64. The van der Waals surface area contributed by atoms with Crippen LogP contribution in [0.2, 0.25) is 0 Å². The van der Waals surface area contributed by atoms with Gasteiger partial charge in [-0.15, -0.1) is 0 Å². The average molecular weight is 340 g/mol. The molecule has 1 unspecified atom stereocenters. The molecular formula is C20H24N2O3. The molecule has 132 valence electrons. The van der Waals surface area contributed by atoms with Crippen molar-refractivity contribution in [1.29, 1.82) is 0 Å². The number of esters is 1. The fraction of sp³-hybridized carbons (Fsp3) is 0.300. The highest BCUT2D eigenvalue weighted by atomic mass is 16.5. The summed E-state index contributed by atoms with van der Waals surface area (Å²) < 4.78 is 5.04. The molecule has 2 N–H and O–H groups in total. The van der Waals surface area contributed by atoms with Crippen molar-refractivity contribution in [2.24, 2.45) is 0 Å². The minimum Gasteiger partial charge on any atom is -0.462 e. The Balaban J connectivity index is 1.84. The summed E-state index contributed by atoms with van der Waals surface area (Å²) in [4.78, 5) is 24.0. The number of para-hydroxylation sites is 1. The Labute approximate surface area is 148 Å². The van der Waals surface area contributed by atoms with Crippen LogP contribution in [0, 0.1) is 0 Å². The SMILES string of the molecule is CCOC(=O)c1ccccc1NCCC(=O)NC(C)c1ccccc1. The summed E-state index contributed by atoms with van der Waals surface area (Å²) in [6.45, 7) is 4.49. The number of carbonyl (C=O) groups excluding carboxylic acids is 2. The number of hydrogen-bond donors (Lipinski definition) is 2. The Morgan fingerprint density at radius 1 is 1.04 bits per heavy atom. The van der Waals surface area contributed by atoms with Crippen LogP contribution in [0.25, 0.3) is 0 Å². The quantitative estimate of drug-likeness (QED) is 0.721. The van der Waals surface area contributed by atoms with E-state index in [-0.39, 0.29) is 17.9 Å². The molecule has 1 amide bonds. The van der Waals surface area contributed by atoms with Gasteiger partial charge in [0, 0.05) is 18.7 Å². The van der Waals surface area contributed by atoms with Crippen LogP contribution >= 0.6 is 0 Å². The first-order chi connectivity index (χ1) is 12.1. The average Bonchev–Trinajstić information content (AvgIpc) is 2.63. The molecule has 0 aliphatic rings. The first kappa shape index (κ1) is 18.5. The first-order valence-corrected chi connectivity index (χ1v) is 8.46. The highest BCUT2D eigenvalue weighted by Crippen LogP contribution is 2.16. The van der Waals surface area contributed by atoms with Crippen LogP contribution in [-0.2, 0) is 9.53 Å². The molecule has 2 rings (SSSR count). The molecule has 1 atom stereocenters. The minimum atomic E-state index is -0.368. The van der Waals surface area contributed by atoms with E-state index in [9.17, 15) is 9.59 Å². The van der Waals surface area contributed by atoms with Crippen molar-refractivity contribution in [1.82, 2.24) is 5.32 Å². The van der Waals surface area contributed by atoms with Crippen LogP contribution in [-0.4, -0.2) is 25.0 Å². The van der Waals surface area contributed by atoms with Gasteiger partial charge in [-0.2, -0.15) is 0 Å². The van der Waals surface area contributed by atoms with Gasteiger partial charge in [0.2, 0.25) is 5.91 Å². The summed E-state index contributed by atoms with van der Waals surface area (Å²) in [5.41, 5.74) is 2.21. The van der Waals surface area contributed by atoms with Crippen LogP contribution in [0.15, 0.2) is 54.6 Å². The van der Waals surface area contributed by atoms with E-state index < -0.39 is 0 Å². The number of anilines is 1. The lowest BCUT2D eigenvalue weighted by Gasteiger charge is -2.15. The summed E-state index contributed by atoms with van der Waals surface area (Å²) in [6, 6.07) is 16.9. The van der Waals surface area contributed by atoms with E-state index in [2.05, 4.69) is 10.6 Å². The molecule has 2 aromatic carbocycles. The highest BCUT2D eigenvalue weighted by molar-refractivity contribution is 5.95. The van der Waals surface area contributed by atoms with Crippen LogP contribution in [0.3, 0.4) is 0 Å². The normalized spacial score (nSPS) is 11.4. The van der Waals surface area contributed by atoms with Gasteiger partial charge in [-0.3, -0.25) is 4.79 Å². The van der Waals surface area contributed by atoms with Crippen molar-refractivity contribution in [2.45, 2.75) is 26.3 Å². The molecule has 0 heterocycles. The second kappa shape index (κ2) is 9.47. The number of rotatable bonds is 8. The van der Waals surface area contributed by atoms with E-state index in [1.165, 1.54) is 0 Å². The van der Waals surface area contributed by atoms with Crippen molar-refractivity contribution in [3.63, 3.8) is 0 Å². The maximum absolute atomic E-state index is 12.1. The molecule has 0 fully saturated rings. The van der Waals surface area contributed by atoms with Crippen molar-refractivity contribution < 1.29 is 14.3 Å². The lowest BCUT2D eigenvalue weighted by Crippen LogP contribution is -2.28. The third-order valence-electron chi connectivity index (χ3n) is 3.77. The molecular weight excluding hydrogens is 316 g/mol. The number of carbonyl (C=O) groups is 2. The molecule has 0 aliphatic heterocycles. The fourth-order valence-corrected chi connectivity index (χ4v) is 2.47. The van der Waals surface area contributed by atoms with Crippen LogP contribution in [0.5, 0.6) is 0 Å². The Kier molecular flexibility index (Phi) is 7.01. The Morgan fingerprint density at radius 3 is 2.44 bits per heavy atom. The molecule has 0 radical (unpaired) electrons. The highest BCUT2D eigenvalue weighted by Gasteiger charge is 2.12. The van der Waals surface area contributed by atoms with E-state index in [1.54, 1.807) is 25.1 Å². The standard InChI is InChI=1S/C20H24N2O3/c1-3-25-20(24)17-11-7-8-12-18(17)21-14-13-19(23)22-15(2)16-9-5-4-6-10-16/h4-12,15,21H,3,13-14H2,1-2H3,(H,22,23). The summed E-state index contributed by atoms with van der Waals surface area (Å²) in [5.74, 6) is -0.412. The van der Waals surface area contributed by atoms with E-state index in [1.807, 2.05) is 43.3 Å². The third-order valence-corrected chi connectivity index (χ3v) is 3.77. The molecule has 0 spiro atoms. The van der Waals surface area contributed by atoms with Gasteiger partial charge in [0.15, 0.2) is 0 Å². The number of ether oxygens (including phenoxy) is 1. The molecule has 0 saturated carbocycles. The van der Waals surface area contributed by atoms with E-state index in [4.69, 9.17) is 4.74 Å². The Morgan fingerprint density at radius 2 is 1.72 bits per heavy atom. The molecule has 5 nitrogen and oxygen atoms in total. The van der Waals surface area contributed by atoms with Crippen molar-refractivity contribution >= 4 is 17.6 Å². The summed E-state index contributed by atoms with van der Waals surface area (Å²) in [5, 5.41) is 6.10. The van der Waals surface area contributed by atoms with E-state index in [0.717, 1.165) is 5.56 Å². The molecule has 0 saturated heterocycles. The van der Waals surface area contributed by atoms with Gasteiger partial charge in [-0.25, -0.2) is 4.79 Å². The van der Waals surface area contributed by atoms with Crippen LogP contribution in [0.1, 0.15) is 42.2 Å². The molecule has 0 aromatic heterocycles. The molecule has 0 aliphatic carbocycles. The van der Waals surface area contributed by atoms with Gasteiger partial charge in [0.25, 0.3) is 0 Å².